The van der Waals surface area contributed by atoms with Crippen LogP contribution in [0.2, 0.25) is 0 Å². The summed E-state index contributed by atoms with van der Waals surface area (Å²) >= 11 is 0.762. The maximum atomic E-state index is 13.2. The second kappa shape index (κ2) is 9.89. The molecule has 2 aliphatic rings. The molecular weight excluding hydrogens is 491 g/mol. The van der Waals surface area contributed by atoms with E-state index in [9.17, 15) is 22.8 Å². The first-order chi connectivity index (χ1) is 17.2. The summed E-state index contributed by atoms with van der Waals surface area (Å²) < 4.78 is 41.5. The van der Waals surface area contributed by atoms with Crippen molar-refractivity contribution in [1.29, 1.82) is 0 Å². The second-order valence-corrected chi connectivity index (χ2v) is 10.8. The van der Waals surface area contributed by atoms with Gasteiger partial charge in [0.1, 0.15) is 4.88 Å². The molecule has 0 aliphatic carbocycles. The number of halogens is 3. The number of carboxylic acids is 1. The van der Waals surface area contributed by atoms with Crippen LogP contribution in [-0.2, 0) is 35.3 Å². The first kappa shape index (κ1) is 24.8. The first-order valence-electron chi connectivity index (χ1n) is 12.2. The number of carboxylic acid groups (broad SMARTS) is 1. The minimum atomic E-state index is -4.35. The lowest BCUT2D eigenvalue weighted by molar-refractivity contribution is -0.139. The van der Waals surface area contributed by atoms with Crippen molar-refractivity contribution in [2.75, 3.05) is 26.2 Å². The largest absolute Gasteiger partial charge is 0.481 e. The minimum Gasteiger partial charge on any atom is -0.481 e. The summed E-state index contributed by atoms with van der Waals surface area (Å²) in [6, 6.07) is 10.6. The topological polar surface area (TPSA) is 65.8 Å². The molecule has 6 nitrogen and oxygen atoms in total. The van der Waals surface area contributed by atoms with Crippen LogP contribution in [-0.4, -0.2) is 57.5 Å². The van der Waals surface area contributed by atoms with Crippen LogP contribution in [0, 0.1) is 5.92 Å². The predicted octanol–water partition coefficient (Wildman–Crippen LogP) is 4.84. The van der Waals surface area contributed by atoms with Crippen molar-refractivity contribution in [1.82, 2.24) is 14.4 Å². The standard InChI is InChI=1S/C26H28F3N3O3S/c27-26(28,29)23-6-5-18(36-23)14-32-21-4-2-1-3-19(21)20-9-12-31(15-22(20)32)24(33)16-30-10-7-17(8-11-30)13-25(34)35/h1-6,17H,7-16H2,(H,34,35). The normalized spacial score (nSPS) is 17.5. The molecule has 0 unspecified atom stereocenters. The van der Waals surface area contributed by atoms with Gasteiger partial charge in [0.15, 0.2) is 0 Å². The van der Waals surface area contributed by atoms with Gasteiger partial charge in [-0.15, -0.1) is 11.3 Å². The molecule has 0 spiro atoms. The number of rotatable bonds is 6. The Hall–Kier alpha value is -2.85. The van der Waals surface area contributed by atoms with Crippen molar-refractivity contribution < 1.29 is 27.9 Å². The molecular formula is C26H28F3N3O3S. The molecule has 0 bridgehead atoms. The Morgan fingerprint density at radius 2 is 1.81 bits per heavy atom. The highest BCUT2D eigenvalue weighted by molar-refractivity contribution is 7.12. The number of benzene rings is 1. The summed E-state index contributed by atoms with van der Waals surface area (Å²) in [6.45, 7) is 3.08. The summed E-state index contributed by atoms with van der Waals surface area (Å²) in [5, 5.41) is 10.1. The van der Waals surface area contributed by atoms with Crippen LogP contribution in [0.25, 0.3) is 10.9 Å². The monoisotopic (exact) mass is 519 g/mol. The number of alkyl halides is 3. The van der Waals surface area contributed by atoms with Crippen molar-refractivity contribution in [2.45, 2.75) is 44.9 Å². The molecule has 1 amide bonds. The summed E-state index contributed by atoms with van der Waals surface area (Å²) in [5.74, 6) is -0.581. The van der Waals surface area contributed by atoms with E-state index in [-0.39, 0.29) is 18.2 Å². The van der Waals surface area contributed by atoms with Crippen LogP contribution in [0.1, 0.15) is 40.3 Å². The van der Waals surface area contributed by atoms with Crippen molar-refractivity contribution in [3.05, 3.63) is 57.4 Å². The third-order valence-corrected chi connectivity index (χ3v) is 8.42. The lowest BCUT2D eigenvalue weighted by atomic mass is 9.93. The van der Waals surface area contributed by atoms with E-state index in [2.05, 4.69) is 9.47 Å². The quantitative estimate of drug-likeness (QED) is 0.506. The number of aromatic nitrogens is 1. The van der Waals surface area contributed by atoms with Crippen molar-refractivity contribution in [2.24, 2.45) is 5.92 Å². The Balaban J connectivity index is 1.32. The Morgan fingerprint density at radius 3 is 2.50 bits per heavy atom. The van der Waals surface area contributed by atoms with E-state index in [0.29, 0.717) is 50.6 Å². The molecule has 3 aromatic rings. The average molecular weight is 520 g/mol. The lowest BCUT2D eigenvalue weighted by Crippen LogP contribution is -2.45. The molecule has 0 radical (unpaired) electrons. The average Bonchev–Trinajstić information content (AvgIpc) is 3.44. The predicted molar refractivity (Wildman–Crippen MR) is 131 cm³/mol. The lowest BCUT2D eigenvalue weighted by Gasteiger charge is -2.34. The van der Waals surface area contributed by atoms with Crippen LogP contribution in [0.5, 0.6) is 0 Å². The zero-order valence-electron chi connectivity index (χ0n) is 19.8. The fraction of sp³-hybridized carbons (Fsp3) is 0.462. The molecule has 4 heterocycles. The number of aliphatic carboxylic acids is 1. The van der Waals surface area contributed by atoms with Crippen LogP contribution in [0.4, 0.5) is 13.2 Å². The molecule has 2 aromatic heterocycles. The first-order valence-corrected chi connectivity index (χ1v) is 13.0. The molecule has 0 saturated carbocycles. The van der Waals surface area contributed by atoms with Gasteiger partial charge in [0.2, 0.25) is 5.91 Å². The molecule has 1 fully saturated rings. The van der Waals surface area contributed by atoms with Crippen LogP contribution in [0.3, 0.4) is 0 Å². The van der Waals surface area contributed by atoms with Gasteiger partial charge in [-0.3, -0.25) is 14.5 Å². The molecule has 36 heavy (non-hydrogen) atoms. The van der Waals surface area contributed by atoms with Crippen molar-refractivity contribution in [3.8, 4) is 0 Å². The summed E-state index contributed by atoms with van der Waals surface area (Å²) in [6.07, 6.45) is -1.92. The zero-order valence-corrected chi connectivity index (χ0v) is 20.6. The molecule has 0 atom stereocenters. The number of likely N-dealkylation sites (tertiary alicyclic amines) is 1. The van der Waals surface area contributed by atoms with Crippen molar-refractivity contribution >= 4 is 34.1 Å². The Kier molecular flexibility index (Phi) is 6.82. The number of thiophene rings is 1. The van der Waals surface area contributed by atoms with Gasteiger partial charge < -0.3 is 14.6 Å². The van der Waals surface area contributed by atoms with Crippen molar-refractivity contribution in [3.63, 3.8) is 0 Å². The Bertz CT molecular complexity index is 1270. The third-order valence-electron chi connectivity index (χ3n) is 7.30. The number of para-hydroxylation sites is 1. The summed E-state index contributed by atoms with van der Waals surface area (Å²) in [5.41, 5.74) is 3.12. The van der Waals surface area contributed by atoms with E-state index in [1.54, 1.807) is 0 Å². The van der Waals surface area contributed by atoms with Gasteiger partial charge in [-0.05, 0) is 62.0 Å². The number of nitrogens with zero attached hydrogens (tertiary/aromatic N) is 3. The van der Waals surface area contributed by atoms with Gasteiger partial charge in [-0.25, -0.2) is 0 Å². The molecule has 10 heteroatoms. The second-order valence-electron chi connectivity index (χ2n) is 9.67. The molecule has 1 N–H and O–H groups in total. The number of hydrogen-bond acceptors (Lipinski definition) is 4. The molecule has 192 valence electrons. The van der Waals surface area contributed by atoms with Crippen LogP contribution in [0.15, 0.2) is 36.4 Å². The highest BCUT2D eigenvalue weighted by Crippen LogP contribution is 2.37. The van der Waals surface area contributed by atoms with Gasteiger partial charge in [-0.2, -0.15) is 13.2 Å². The zero-order chi connectivity index (χ0) is 25.4. The molecule has 5 rings (SSSR count). The summed E-state index contributed by atoms with van der Waals surface area (Å²) in [4.78, 5) is 28.1. The Labute approximate surface area is 210 Å². The number of carbonyl (C=O) groups excluding carboxylic acids is 1. The van der Waals surface area contributed by atoms with Gasteiger partial charge >= 0.3 is 12.1 Å². The SMILES string of the molecule is O=C(O)CC1CCN(CC(=O)N2CCc3c(n(Cc4ccc(C(F)(F)F)s4)c4ccccc34)C2)CC1. The highest BCUT2D eigenvalue weighted by Gasteiger charge is 2.33. The molecule has 1 aromatic carbocycles. The maximum absolute atomic E-state index is 13.2. The fourth-order valence-electron chi connectivity index (χ4n) is 5.45. The number of hydrogen-bond donors (Lipinski definition) is 1. The third kappa shape index (κ3) is 5.15. The molecule has 1 saturated heterocycles. The number of amides is 1. The number of fused-ring (bicyclic) bond motifs is 3. The van der Waals surface area contributed by atoms with E-state index < -0.39 is 17.0 Å². The molecule has 2 aliphatic heterocycles. The van der Waals surface area contributed by atoms with E-state index in [1.165, 1.54) is 6.07 Å². The highest BCUT2D eigenvalue weighted by atomic mass is 32.1. The van der Waals surface area contributed by atoms with E-state index in [0.717, 1.165) is 52.4 Å². The van der Waals surface area contributed by atoms with Gasteiger partial charge in [0, 0.05) is 34.4 Å². The fourth-order valence-corrected chi connectivity index (χ4v) is 6.31. The Morgan fingerprint density at radius 1 is 1.06 bits per heavy atom. The van der Waals surface area contributed by atoms with Gasteiger partial charge in [0.25, 0.3) is 0 Å². The van der Waals surface area contributed by atoms with E-state index >= 15 is 0 Å². The van der Waals surface area contributed by atoms with Gasteiger partial charge in [0.05, 0.1) is 19.6 Å². The summed E-state index contributed by atoms with van der Waals surface area (Å²) in [7, 11) is 0. The number of piperidine rings is 1. The minimum absolute atomic E-state index is 0.0321. The maximum Gasteiger partial charge on any atom is 0.425 e. The van der Waals surface area contributed by atoms with E-state index in [4.69, 9.17) is 5.11 Å². The van der Waals surface area contributed by atoms with Crippen LogP contribution >= 0.6 is 11.3 Å². The van der Waals surface area contributed by atoms with Gasteiger partial charge in [-0.1, -0.05) is 18.2 Å². The number of carbonyl (C=O) groups is 2. The van der Waals surface area contributed by atoms with Crippen LogP contribution < -0.4 is 0 Å². The van der Waals surface area contributed by atoms with E-state index in [1.807, 2.05) is 29.2 Å². The smallest absolute Gasteiger partial charge is 0.425 e.